The molecule has 0 saturated carbocycles. The number of benzene rings is 1. The Hall–Kier alpha value is -2.31. The molecule has 1 heterocycles. The molecule has 0 amide bonds. The van der Waals surface area contributed by atoms with Gasteiger partial charge in [0.1, 0.15) is 11.7 Å². The van der Waals surface area contributed by atoms with Crippen LogP contribution in [0.3, 0.4) is 0 Å². The van der Waals surface area contributed by atoms with Crippen molar-refractivity contribution in [2.24, 2.45) is 0 Å². The Morgan fingerprint density at radius 3 is 2.32 bits per heavy atom. The van der Waals surface area contributed by atoms with Crippen molar-refractivity contribution in [3.63, 3.8) is 0 Å². The van der Waals surface area contributed by atoms with Crippen LogP contribution in [0.1, 0.15) is 22.7 Å². The summed E-state index contributed by atoms with van der Waals surface area (Å²) in [6, 6.07) is 8.07. The van der Waals surface area contributed by atoms with Crippen LogP contribution < -0.4 is 4.18 Å². The highest BCUT2D eigenvalue weighted by atomic mass is 35.5. The van der Waals surface area contributed by atoms with Gasteiger partial charge in [-0.15, -0.1) is 0 Å². The monoisotopic (exact) mass is 390 g/mol. The van der Waals surface area contributed by atoms with Crippen LogP contribution in [0.25, 0.3) is 0 Å². The Balaban J connectivity index is 2.36. The number of rotatable bonds is 4. The smallest absolute Gasteiger partial charge is 0.383 e. The first-order chi connectivity index (χ1) is 11.5. The van der Waals surface area contributed by atoms with Gasteiger partial charge in [-0.1, -0.05) is 23.7 Å². The molecule has 132 valence electrons. The fourth-order valence-corrected chi connectivity index (χ4v) is 2.74. The van der Waals surface area contributed by atoms with Crippen molar-refractivity contribution in [2.75, 3.05) is 6.26 Å². The van der Waals surface area contributed by atoms with E-state index in [2.05, 4.69) is 9.17 Å². The maximum absolute atomic E-state index is 12.7. The normalized spacial score (nSPS) is 13.1. The highest BCUT2D eigenvalue weighted by molar-refractivity contribution is 7.86. The molecule has 0 N–H and O–H groups in total. The van der Waals surface area contributed by atoms with Gasteiger partial charge in [0.25, 0.3) is 0 Å². The molecule has 0 aliphatic rings. The Kier molecular flexibility index (Phi) is 5.25. The van der Waals surface area contributed by atoms with Crippen LogP contribution in [-0.4, -0.2) is 19.7 Å². The van der Waals surface area contributed by atoms with Gasteiger partial charge in [0, 0.05) is 6.20 Å². The molecule has 1 atom stereocenters. The maximum Gasteiger partial charge on any atom is 0.417 e. The number of hydrogen-bond acceptors (Lipinski definition) is 5. The number of pyridine rings is 1. The van der Waals surface area contributed by atoms with Crippen molar-refractivity contribution in [3.8, 4) is 11.8 Å². The predicted octanol–water partition coefficient (Wildman–Crippen LogP) is 3.75. The zero-order valence-corrected chi connectivity index (χ0v) is 14.2. The lowest BCUT2D eigenvalue weighted by atomic mass is 9.96. The van der Waals surface area contributed by atoms with Crippen molar-refractivity contribution >= 4 is 21.7 Å². The summed E-state index contributed by atoms with van der Waals surface area (Å²) in [7, 11) is -3.70. The molecule has 0 aliphatic carbocycles. The van der Waals surface area contributed by atoms with Gasteiger partial charge in [-0.3, -0.25) is 4.98 Å². The van der Waals surface area contributed by atoms with Crippen LogP contribution in [0.5, 0.6) is 5.75 Å². The number of nitrogens with zero attached hydrogens (tertiary/aromatic N) is 2. The van der Waals surface area contributed by atoms with E-state index in [0.717, 1.165) is 6.26 Å². The van der Waals surface area contributed by atoms with Crippen LogP contribution in [-0.2, 0) is 16.3 Å². The molecule has 25 heavy (non-hydrogen) atoms. The highest BCUT2D eigenvalue weighted by Crippen LogP contribution is 2.34. The Labute approximate surface area is 146 Å². The Bertz CT molecular complexity index is 923. The third-order valence-corrected chi connectivity index (χ3v) is 3.86. The fraction of sp³-hybridized carbons (Fsp3) is 0.200. The van der Waals surface area contributed by atoms with Crippen molar-refractivity contribution in [1.29, 1.82) is 5.26 Å². The molecule has 10 heteroatoms. The van der Waals surface area contributed by atoms with E-state index in [1.54, 1.807) is 0 Å². The van der Waals surface area contributed by atoms with Crippen molar-refractivity contribution < 1.29 is 25.8 Å². The summed E-state index contributed by atoms with van der Waals surface area (Å²) in [5, 5.41) is 9.05. The van der Waals surface area contributed by atoms with Gasteiger partial charge >= 0.3 is 16.3 Å². The lowest BCUT2D eigenvalue weighted by molar-refractivity contribution is -0.137. The van der Waals surface area contributed by atoms with Gasteiger partial charge in [-0.2, -0.15) is 26.9 Å². The molecular formula is C15H10ClF3N2O3S. The average molecular weight is 391 g/mol. The van der Waals surface area contributed by atoms with Crippen LogP contribution in [0.2, 0.25) is 5.02 Å². The summed E-state index contributed by atoms with van der Waals surface area (Å²) in [6.45, 7) is 0. The van der Waals surface area contributed by atoms with Crippen LogP contribution in [0.15, 0.2) is 36.5 Å². The first-order valence-electron chi connectivity index (χ1n) is 6.63. The topological polar surface area (TPSA) is 80.0 Å². The number of aromatic nitrogens is 1. The van der Waals surface area contributed by atoms with E-state index in [-0.39, 0.29) is 16.5 Å². The molecule has 0 fully saturated rings. The lowest BCUT2D eigenvalue weighted by Gasteiger charge is -2.13. The fourth-order valence-electron chi connectivity index (χ4n) is 2.00. The van der Waals surface area contributed by atoms with Crippen molar-refractivity contribution in [2.45, 2.75) is 12.1 Å². The second-order valence-corrected chi connectivity index (χ2v) is 6.99. The Morgan fingerprint density at radius 2 is 1.88 bits per heavy atom. The third kappa shape index (κ3) is 4.84. The lowest BCUT2D eigenvalue weighted by Crippen LogP contribution is -2.09. The van der Waals surface area contributed by atoms with Crippen LogP contribution in [0.4, 0.5) is 13.2 Å². The summed E-state index contributed by atoms with van der Waals surface area (Å²) >= 11 is 5.86. The molecule has 1 unspecified atom stereocenters. The van der Waals surface area contributed by atoms with Crippen LogP contribution >= 0.6 is 11.6 Å². The van der Waals surface area contributed by atoms with Gasteiger partial charge in [0.15, 0.2) is 0 Å². The summed E-state index contributed by atoms with van der Waals surface area (Å²) in [5.74, 6) is -0.989. The molecule has 2 aromatic rings. The highest BCUT2D eigenvalue weighted by Gasteiger charge is 2.32. The molecule has 0 spiro atoms. The van der Waals surface area contributed by atoms with Gasteiger partial charge < -0.3 is 4.18 Å². The summed E-state index contributed by atoms with van der Waals surface area (Å²) in [4.78, 5) is 3.67. The molecular weight excluding hydrogens is 381 g/mol. The second-order valence-electron chi connectivity index (χ2n) is 5.01. The van der Waals surface area contributed by atoms with Crippen LogP contribution in [0, 0.1) is 11.3 Å². The van der Waals surface area contributed by atoms with E-state index in [9.17, 15) is 26.9 Å². The molecule has 0 aliphatic heterocycles. The van der Waals surface area contributed by atoms with E-state index in [1.807, 2.05) is 6.07 Å². The van der Waals surface area contributed by atoms with E-state index < -0.39 is 27.8 Å². The number of halogens is 4. The first kappa shape index (κ1) is 19.0. The minimum atomic E-state index is -4.60. The molecule has 1 aromatic carbocycles. The predicted molar refractivity (Wildman–Crippen MR) is 83.6 cm³/mol. The van der Waals surface area contributed by atoms with Gasteiger partial charge in [-0.25, -0.2) is 0 Å². The van der Waals surface area contributed by atoms with E-state index in [0.29, 0.717) is 17.8 Å². The number of hydrogen-bond donors (Lipinski definition) is 0. The quantitative estimate of drug-likeness (QED) is 0.743. The standard InChI is InChI=1S/C15H10ClF3N2O3S/c1-25(22,23)24-11-4-2-9(3-5-11)12(7-20)14-13(16)6-10(8-21-14)15(17,18)19/h2-6,8,12H,1H3. The first-order valence-corrected chi connectivity index (χ1v) is 8.82. The summed E-state index contributed by atoms with van der Waals surface area (Å²) < 4.78 is 64.8. The SMILES string of the molecule is CS(=O)(=O)Oc1ccc(C(C#N)c2ncc(C(F)(F)F)cc2Cl)cc1. The molecule has 2 rings (SSSR count). The largest absolute Gasteiger partial charge is 0.417 e. The van der Waals surface area contributed by atoms with E-state index in [4.69, 9.17) is 11.6 Å². The molecule has 1 aromatic heterocycles. The molecule has 5 nitrogen and oxygen atoms in total. The Morgan fingerprint density at radius 1 is 1.28 bits per heavy atom. The van der Waals surface area contributed by atoms with Gasteiger partial charge in [0.2, 0.25) is 0 Å². The average Bonchev–Trinajstić information content (AvgIpc) is 2.48. The second kappa shape index (κ2) is 6.90. The van der Waals surface area contributed by atoms with Gasteiger partial charge in [-0.05, 0) is 23.8 Å². The van der Waals surface area contributed by atoms with Crippen molar-refractivity contribution in [3.05, 3.63) is 58.4 Å². The zero-order chi connectivity index (χ0) is 18.8. The zero-order valence-electron chi connectivity index (χ0n) is 12.6. The molecule has 0 bridgehead atoms. The number of nitriles is 1. The van der Waals surface area contributed by atoms with E-state index >= 15 is 0 Å². The third-order valence-electron chi connectivity index (χ3n) is 3.06. The summed E-state index contributed by atoms with van der Waals surface area (Å²) in [5.41, 5.74) is -0.679. The van der Waals surface area contributed by atoms with E-state index in [1.165, 1.54) is 24.3 Å². The number of alkyl halides is 3. The maximum atomic E-state index is 12.7. The minimum absolute atomic E-state index is 0.0334. The molecule has 0 saturated heterocycles. The molecule has 0 radical (unpaired) electrons. The van der Waals surface area contributed by atoms with Gasteiger partial charge in [0.05, 0.1) is 28.6 Å². The summed E-state index contributed by atoms with van der Waals surface area (Å²) in [6.07, 6.45) is -3.11. The minimum Gasteiger partial charge on any atom is -0.383 e. The van der Waals surface area contributed by atoms with Crippen molar-refractivity contribution in [1.82, 2.24) is 4.98 Å².